The summed E-state index contributed by atoms with van der Waals surface area (Å²) in [6.45, 7) is 9.40. The van der Waals surface area contributed by atoms with E-state index in [0.29, 0.717) is 17.1 Å². The van der Waals surface area contributed by atoms with Crippen molar-refractivity contribution in [3.8, 4) is 0 Å². The Kier molecular flexibility index (Phi) is 11.8. The molecule has 2 amide bonds. The van der Waals surface area contributed by atoms with Crippen LogP contribution >= 0.6 is 11.6 Å². The number of urea groups is 1. The lowest BCUT2D eigenvalue weighted by atomic mass is 10.2. The molecule has 2 N–H and O–H groups in total. The van der Waals surface area contributed by atoms with Gasteiger partial charge in [0, 0.05) is 23.2 Å². The van der Waals surface area contributed by atoms with Crippen LogP contribution in [-0.2, 0) is 16.6 Å². The number of carbonyl (C=O) groups excluding carboxylic acids is 1. The Morgan fingerprint density at radius 3 is 2.24 bits per heavy atom. The van der Waals surface area contributed by atoms with Gasteiger partial charge in [-0.25, -0.2) is 17.9 Å². The van der Waals surface area contributed by atoms with Crippen molar-refractivity contribution in [3.05, 3.63) is 28.8 Å². The minimum atomic E-state index is -3.99. The number of rotatable bonds is 7. The molecular formula is C17H32ClN3O3S. The molecule has 0 spiro atoms. The van der Waals surface area contributed by atoms with E-state index in [1.165, 1.54) is 6.07 Å². The molecule has 0 saturated carbocycles. The summed E-state index contributed by atoms with van der Waals surface area (Å²) in [7, 11) is -3.99. The number of hydrogen-bond acceptors (Lipinski definition) is 4. The van der Waals surface area contributed by atoms with Crippen LogP contribution in [-0.4, -0.2) is 38.5 Å². The fourth-order valence-corrected chi connectivity index (χ4v) is 3.54. The summed E-state index contributed by atoms with van der Waals surface area (Å²) in [5.74, 6) is 0. The molecule has 0 atom stereocenters. The van der Waals surface area contributed by atoms with Crippen LogP contribution in [0.4, 0.5) is 4.79 Å². The van der Waals surface area contributed by atoms with Crippen molar-refractivity contribution in [3.63, 3.8) is 0 Å². The molecule has 0 aromatic heterocycles. The first-order valence-corrected chi connectivity index (χ1v) is 9.40. The number of halogens is 1. The zero-order valence-corrected chi connectivity index (χ0v) is 15.5. The van der Waals surface area contributed by atoms with Gasteiger partial charge in [0.25, 0.3) is 10.0 Å². The van der Waals surface area contributed by atoms with Crippen LogP contribution in [0.15, 0.2) is 23.1 Å². The Hall–Kier alpha value is -1.31. The molecule has 0 saturated heterocycles. The van der Waals surface area contributed by atoms with Crippen molar-refractivity contribution >= 4 is 27.7 Å². The maximum atomic E-state index is 12.5. The van der Waals surface area contributed by atoms with Crippen molar-refractivity contribution in [2.24, 2.45) is 0 Å². The first kappa shape index (κ1) is 25.9. The van der Waals surface area contributed by atoms with Crippen LogP contribution in [0, 0.1) is 0 Å². The predicted molar refractivity (Wildman–Crippen MR) is 106 cm³/mol. The fourth-order valence-electron chi connectivity index (χ4n) is 2.08. The van der Waals surface area contributed by atoms with Gasteiger partial charge in [0.2, 0.25) is 0 Å². The zero-order chi connectivity index (χ0) is 17.6. The first-order chi connectivity index (χ1) is 10.7. The van der Waals surface area contributed by atoms with Gasteiger partial charge >= 0.3 is 6.03 Å². The number of benzene rings is 1. The molecule has 1 aromatic carbocycles. The maximum absolute atomic E-state index is 12.5. The lowest BCUT2D eigenvalue weighted by molar-refractivity contribution is 0.243. The fraction of sp³-hybridized carbons (Fsp3) is 0.588. The molecule has 1 rings (SSSR count). The number of carbonyl (C=O) groups is 1. The average molecular weight is 394 g/mol. The zero-order valence-electron chi connectivity index (χ0n) is 13.9. The Bertz CT molecular complexity index is 645. The van der Waals surface area contributed by atoms with Crippen molar-refractivity contribution in [1.29, 1.82) is 0 Å². The molecule has 0 heterocycles. The monoisotopic (exact) mass is 393 g/mol. The first-order valence-electron chi connectivity index (χ1n) is 7.54. The van der Waals surface area contributed by atoms with Crippen molar-refractivity contribution < 1.29 is 13.2 Å². The van der Waals surface area contributed by atoms with Gasteiger partial charge in [-0.1, -0.05) is 46.4 Å². The standard InChI is InChI=1S/C15H24ClN3O3S.2CH4/c1-5-19(6-2)10-12-13(16)8-7-9-14(12)23(21,22)18-15(20)17-11(3)4;;/h7-9,11H,5-6,10H2,1-4H3,(H2,17,18,20);2*1H4. The average Bonchev–Trinajstić information content (AvgIpc) is 2.44. The molecule has 0 bridgehead atoms. The van der Waals surface area contributed by atoms with Crippen molar-refractivity contribution in [2.45, 2.75) is 60.0 Å². The number of nitrogens with zero attached hydrogens (tertiary/aromatic N) is 1. The molecule has 8 heteroatoms. The molecule has 6 nitrogen and oxygen atoms in total. The van der Waals surface area contributed by atoms with Crippen LogP contribution < -0.4 is 10.0 Å². The Labute approximate surface area is 158 Å². The van der Waals surface area contributed by atoms with Gasteiger partial charge in [-0.05, 0) is 39.1 Å². The third-order valence-electron chi connectivity index (χ3n) is 3.29. The SMILES string of the molecule is C.C.CCN(CC)Cc1c(Cl)cccc1S(=O)(=O)NC(=O)NC(C)C. The third kappa shape index (κ3) is 7.63. The van der Waals surface area contributed by atoms with Crippen LogP contribution in [0.5, 0.6) is 0 Å². The van der Waals surface area contributed by atoms with E-state index in [9.17, 15) is 13.2 Å². The molecule has 0 aliphatic heterocycles. The molecule has 0 aliphatic carbocycles. The Morgan fingerprint density at radius 2 is 1.76 bits per heavy atom. The van der Waals surface area contributed by atoms with Gasteiger partial charge in [0.05, 0.1) is 4.90 Å². The highest BCUT2D eigenvalue weighted by Crippen LogP contribution is 2.25. The van der Waals surface area contributed by atoms with Crippen molar-refractivity contribution in [2.75, 3.05) is 13.1 Å². The Morgan fingerprint density at radius 1 is 1.20 bits per heavy atom. The summed E-state index contributed by atoms with van der Waals surface area (Å²) >= 11 is 6.19. The minimum absolute atomic E-state index is 0. The van der Waals surface area contributed by atoms with E-state index >= 15 is 0 Å². The van der Waals surface area contributed by atoms with E-state index in [-0.39, 0.29) is 25.8 Å². The largest absolute Gasteiger partial charge is 0.335 e. The highest BCUT2D eigenvalue weighted by atomic mass is 35.5. The summed E-state index contributed by atoms with van der Waals surface area (Å²) in [5.41, 5.74) is 0.489. The van der Waals surface area contributed by atoms with Gasteiger partial charge < -0.3 is 5.32 Å². The molecule has 0 fully saturated rings. The maximum Gasteiger partial charge on any atom is 0.328 e. The van der Waals surface area contributed by atoms with Crippen LogP contribution in [0.1, 0.15) is 48.1 Å². The van der Waals surface area contributed by atoms with Gasteiger partial charge in [-0.15, -0.1) is 0 Å². The second kappa shape index (κ2) is 11.3. The summed E-state index contributed by atoms with van der Waals surface area (Å²) in [5, 5.41) is 2.86. The second-order valence-corrected chi connectivity index (χ2v) is 7.47. The number of hydrogen-bond donors (Lipinski definition) is 2. The van der Waals surface area contributed by atoms with Gasteiger partial charge in [0.1, 0.15) is 0 Å². The summed E-state index contributed by atoms with van der Waals surface area (Å²) in [4.78, 5) is 13.8. The van der Waals surface area contributed by atoms with Gasteiger partial charge in [-0.3, -0.25) is 4.90 Å². The Balaban J connectivity index is 0. The number of nitrogens with one attached hydrogen (secondary N) is 2. The van der Waals surface area contributed by atoms with Gasteiger partial charge in [0.15, 0.2) is 0 Å². The smallest absolute Gasteiger partial charge is 0.328 e. The number of amides is 2. The van der Waals surface area contributed by atoms with E-state index in [1.54, 1.807) is 26.0 Å². The molecule has 1 aromatic rings. The quantitative estimate of drug-likeness (QED) is 0.737. The normalized spacial score (nSPS) is 10.8. The number of sulfonamides is 1. The third-order valence-corrected chi connectivity index (χ3v) is 5.06. The lowest BCUT2D eigenvalue weighted by Gasteiger charge is -2.21. The minimum Gasteiger partial charge on any atom is -0.335 e. The predicted octanol–water partition coefficient (Wildman–Crippen LogP) is 3.85. The summed E-state index contributed by atoms with van der Waals surface area (Å²) < 4.78 is 27.0. The van der Waals surface area contributed by atoms with Crippen molar-refractivity contribution in [1.82, 2.24) is 14.9 Å². The molecule has 146 valence electrons. The molecular weight excluding hydrogens is 362 g/mol. The van der Waals surface area contributed by atoms with E-state index in [4.69, 9.17) is 11.6 Å². The van der Waals surface area contributed by atoms with E-state index in [2.05, 4.69) is 10.2 Å². The van der Waals surface area contributed by atoms with Crippen LogP contribution in [0.2, 0.25) is 5.02 Å². The van der Waals surface area contributed by atoms with Crippen LogP contribution in [0.3, 0.4) is 0 Å². The topological polar surface area (TPSA) is 78.5 Å². The highest BCUT2D eigenvalue weighted by molar-refractivity contribution is 7.90. The molecule has 0 radical (unpaired) electrons. The van der Waals surface area contributed by atoms with Gasteiger partial charge in [-0.2, -0.15) is 0 Å². The molecule has 0 aliphatic rings. The van der Waals surface area contributed by atoms with E-state index in [1.807, 2.05) is 18.6 Å². The summed E-state index contributed by atoms with van der Waals surface area (Å²) in [6.07, 6.45) is 0. The lowest BCUT2D eigenvalue weighted by Crippen LogP contribution is -2.42. The highest BCUT2D eigenvalue weighted by Gasteiger charge is 2.23. The van der Waals surface area contributed by atoms with E-state index < -0.39 is 16.1 Å². The molecule has 25 heavy (non-hydrogen) atoms. The van der Waals surface area contributed by atoms with Crippen LogP contribution in [0.25, 0.3) is 0 Å². The second-order valence-electron chi connectivity index (χ2n) is 5.41. The van der Waals surface area contributed by atoms with E-state index in [0.717, 1.165) is 13.1 Å². The molecule has 0 unspecified atom stereocenters. The summed E-state index contributed by atoms with van der Waals surface area (Å²) in [6, 6.07) is 3.74.